The summed E-state index contributed by atoms with van der Waals surface area (Å²) < 4.78 is 12.1. The molecule has 0 atom stereocenters. The Morgan fingerprint density at radius 3 is 2.08 bits per heavy atom. The summed E-state index contributed by atoms with van der Waals surface area (Å²) in [5.41, 5.74) is 1.97. The Morgan fingerprint density at radius 2 is 1.75 bits per heavy atom. The third-order valence-electron chi connectivity index (χ3n) is 1.69. The van der Waals surface area contributed by atoms with Gasteiger partial charge in [0.05, 0.1) is 0 Å². The van der Waals surface area contributed by atoms with Gasteiger partial charge in [-0.05, 0) is 57.2 Å². The molecule has 1 aromatic carbocycles. The average molecular weight is 390 g/mol. The van der Waals surface area contributed by atoms with E-state index in [0.29, 0.717) is 0 Å². The molecule has 66 valence electrons. The van der Waals surface area contributed by atoms with Crippen LogP contribution in [-0.4, -0.2) is 0 Å². The number of aryl methyl sites for hydroxylation is 1. The minimum atomic E-state index is -1.28. The first kappa shape index (κ1) is 10.7. The fraction of sp³-hybridized carbons (Fsp3) is 0.333. The van der Waals surface area contributed by atoms with Crippen molar-refractivity contribution in [3.05, 3.63) is 35.4 Å². The van der Waals surface area contributed by atoms with Crippen LogP contribution in [0.3, 0.4) is 0 Å². The molecule has 0 amide bonds. The highest BCUT2D eigenvalue weighted by Gasteiger charge is 2.22. The van der Waals surface area contributed by atoms with E-state index < -0.39 is 1.68 Å². The van der Waals surface area contributed by atoms with Gasteiger partial charge in [-0.25, -0.2) is 4.39 Å². The van der Waals surface area contributed by atoms with E-state index in [4.69, 9.17) is 0 Å². The first-order chi connectivity index (χ1) is 5.54. The predicted octanol–water partition coefficient (Wildman–Crippen LogP) is 4.20. The van der Waals surface area contributed by atoms with Gasteiger partial charge in [-0.15, -0.1) is 0 Å². The van der Waals surface area contributed by atoms with Crippen LogP contribution in [0.15, 0.2) is 24.3 Å². The molecular weight excluding hydrogens is 381 g/mol. The second kappa shape index (κ2) is 4.21. The molecule has 0 aliphatic heterocycles. The maximum Gasteiger partial charge on any atom is 0.235 e. The highest BCUT2D eigenvalue weighted by molar-refractivity contribution is 14.2. The van der Waals surface area contributed by atoms with Crippen molar-refractivity contribution < 1.29 is 4.39 Å². The average Bonchev–Trinajstić information content (AvgIpc) is 2.03. The Kier molecular flexibility index (Phi) is 3.75. The first-order valence-corrected chi connectivity index (χ1v) is 5.86. The highest BCUT2D eigenvalue weighted by atomic mass is 127. The van der Waals surface area contributed by atoms with Crippen LogP contribution in [0.4, 0.5) is 4.39 Å². The maximum atomic E-state index is 13.3. The summed E-state index contributed by atoms with van der Waals surface area (Å²) in [6.07, 6.45) is 1.00. The molecule has 0 saturated carbocycles. The fourth-order valence-electron chi connectivity index (χ4n) is 0.929. The summed E-state index contributed by atoms with van der Waals surface area (Å²) >= 11 is 3.57. The highest BCUT2D eigenvalue weighted by Crippen LogP contribution is 2.40. The van der Waals surface area contributed by atoms with E-state index in [1.165, 1.54) is 5.56 Å². The van der Waals surface area contributed by atoms with E-state index in [2.05, 4.69) is 6.92 Å². The SMILES string of the molecule is CCc1ccc(C(F)(I)I)cc1. The molecule has 1 aromatic rings. The molecule has 0 heterocycles. The van der Waals surface area contributed by atoms with Gasteiger partial charge in [0, 0.05) is 5.56 Å². The smallest absolute Gasteiger partial charge is 0.215 e. The quantitative estimate of drug-likeness (QED) is 0.525. The van der Waals surface area contributed by atoms with E-state index in [-0.39, 0.29) is 0 Å². The summed E-state index contributed by atoms with van der Waals surface area (Å²) in [5.74, 6) is 0. The minimum Gasteiger partial charge on any atom is -0.215 e. The predicted molar refractivity (Wildman–Crippen MR) is 66.6 cm³/mol. The van der Waals surface area contributed by atoms with Crippen molar-refractivity contribution in [2.75, 3.05) is 0 Å². The lowest BCUT2D eigenvalue weighted by atomic mass is 10.1. The van der Waals surface area contributed by atoms with Crippen LogP contribution in [0.25, 0.3) is 0 Å². The zero-order chi connectivity index (χ0) is 9.19. The molecule has 3 heteroatoms. The van der Waals surface area contributed by atoms with Crippen molar-refractivity contribution in [3.8, 4) is 0 Å². The van der Waals surface area contributed by atoms with Crippen LogP contribution < -0.4 is 0 Å². The Balaban J connectivity index is 2.93. The Bertz CT molecular complexity index is 248. The number of rotatable bonds is 2. The van der Waals surface area contributed by atoms with Crippen LogP contribution in [0.1, 0.15) is 18.1 Å². The van der Waals surface area contributed by atoms with Gasteiger partial charge >= 0.3 is 0 Å². The second-order valence-electron chi connectivity index (χ2n) is 2.55. The number of alkyl halides is 3. The molecule has 0 radical (unpaired) electrons. The monoisotopic (exact) mass is 390 g/mol. The van der Waals surface area contributed by atoms with Crippen LogP contribution in [0.2, 0.25) is 0 Å². The van der Waals surface area contributed by atoms with Gasteiger partial charge in [-0.2, -0.15) is 0 Å². The number of halogens is 3. The van der Waals surface area contributed by atoms with Crippen LogP contribution in [0, 0.1) is 0 Å². The molecule has 0 aliphatic carbocycles. The molecule has 0 aliphatic rings. The summed E-state index contributed by atoms with van der Waals surface area (Å²) in [6.45, 7) is 2.09. The van der Waals surface area contributed by atoms with Gasteiger partial charge in [0.2, 0.25) is 1.68 Å². The zero-order valence-electron chi connectivity index (χ0n) is 6.65. The lowest BCUT2D eigenvalue weighted by Gasteiger charge is -2.10. The molecule has 0 saturated heterocycles. The van der Waals surface area contributed by atoms with E-state index in [1.807, 2.05) is 24.3 Å². The number of hydrogen-bond acceptors (Lipinski definition) is 0. The lowest BCUT2D eigenvalue weighted by molar-refractivity contribution is 0.469. The third kappa shape index (κ3) is 2.83. The standard InChI is InChI=1S/C9H9FI2/c1-2-7-3-5-8(6-4-7)9(10,11)12/h3-6H,2H2,1H3. The molecule has 0 bridgehead atoms. The Hall–Kier alpha value is 0.610. The fourth-order valence-corrected chi connectivity index (χ4v) is 1.65. The summed E-state index contributed by atoms with van der Waals surface area (Å²) in [4.78, 5) is 0. The third-order valence-corrected chi connectivity index (χ3v) is 2.94. The summed E-state index contributed by atoms with van der Waals surface area (Å²) in [7, 11) is 0. The molecule has 12 heavy (non-hydrogen) atoms. The zero-order valence-corrected chi connectivity index (χ0v) is 11.0. The van der Waals surface area contributed by atoms with Gasteiger partial charge in [0.25, 0.3) is 0 Å². The van der Waals surface area contributed by atoms with Gasteiger partial charge in [-0.3, -0.25) is 0 Å². The van der Waals surface area contributed by atoms with Crippen molar-refractivity contribution in [1.82, 2.24) is 0 Å². The summed E-state index contributed by atoms with van der Waals surface area (Å²) in [6, 6.07) is 7.64. The molecule has 1 rings (SSSR count). The van der Waals surface area contributed by atoms with Crippen molar-refractivity contribution in [1.29, 1.82) is 0 Å². The van der Waals surface area contributed by atoms with E-state index in [0.717, 1.165) is 12.0 Å². The Labute approximate surface area is 99.2 Å². The van der Waals surface area contributed by atoms with E-state index in [1.54, 1.807) is 45.2 Å². The molecule has 0 N–H and O–H groups in total. The van der Waals surface area contributed by atoms with Crippen molar-refractivity contribution >= 4 is 45.2 Å². The molecule has 0 unspecified atom stereocenters. The van der Waals surface area contributed by atoms with Crippen LogP contribution in [0.5, 0.6) is 0 Å². The van der Waals surface area contributed by atoms with Gasteiger partial charge in [-0.1, -0.05) is 31.2 Å². The maximum absolute atomic E-state index is 13.3. The number of hydrogen-bond donors (Lipinski definition) is 0. The van der Waals surface area contributed by atoms with Gasteiger partial charge in [0.1, 0.15) is 0 Å². The summed E-state index contributed by atoms with van der Waals surface area (Å²) in [5, 5.41) is 0. The molecule has 0 aromatic heterocycles. The molecule has 0 nitrogen and oxygen atoms in total. The Morgan fingerprint density at radius 1 is 1.25 bits per heavy atom. The molecule has 0 fully saturated rings. The normalized spacial score (nSPS) is 11.7. The minimum absolute atomic E-state index is 0.723. The lowest BCUT2D eigenvalue weighted by Crippen LogP contribution is -1.98. The largest absolute Gasteiger partial charge is 0.235 e. The van der Waals surface area contributed by atoms with E-state index in [9.17, 15) is 4.39 Å². The topological polar surface area (TPSA) is 0 Å². The molecule has 0 spiro atoms. The van der Waals surface area contributed by atoms with E-state index >= 15 is 0 Å². The van der Waals surface area contributed by atoms with Crippen LogP contribution in [-0.2, 0) is 8.10 Å². The second-order valence-corrected chi connectivity index (χ2v) is 7.59. The number of benzene rings is 1. The van der Waals surface area contributed by atoms with Crippen molar-refractivity contribution in [3.63, 3.8) is 0 Å². The first-order valence-electron chi connectivity index (χ1n) is 3.70. The van der Waals surface area contributed by atoms with Gasteiger partial charge < -0.3 is 0 Å². The van der Waals surface area contributed by atoms with Crippen molar-refractivity contribution in [2.24, 2.45) is 0 Å². The van der Waals surface area contributed by atoms with Gasteiger partial charge in [0.15, 0.2) is 0 Å². The van der Waals surface area contributed by atoms with Crippen molar-refractivity contribution in [2.45, 2.75) is 15.0 Å². The molecular formula is C9H9FI2. The van der Waals surface area contributed by atoms with Crippen LogP contribution >= 0.6 is 45.2 Å².